The molecule has 2 fully saturated rings. The number of likely N-dealkylation sites (N-methyl/N-ethyl adjacent to an activating group) is 1. The van der Waals surface area contributed by atoms with Gasteiger partial charge in [0.25, 0.3) is 0 Å². The van der Waals surface area contributed by atoms with E-state index in [-0.39, 0.29) is 18.2 Å². The minimum atomic E-state index is -0.212. The minimum Gasteiger partial charge on any atom is -0.354 e. The van der Waals surface area contributed by atoms with Crippen LogP contribution in [0.4, 0.5) is 5.82 Å². The van der Waals surface area contributed by atoms with Gasteiger partial charge >= 0.3 is 0 Å². The van der Waals surface area contributed by atoms with Crippen molar-refractivity contribution in [2.45, 2.75) is 25.2 Å². The van der Waals surface area contributed by atoms with Crippen molar-refractivity contribution in [3.63, 3.8) is 0 Å². The number of hydrogen-bond donors (Lipinski definition) is 1. The summed E-state index contributed by atoms with van der Waals surface area (Å²) < 4.78 is 8.07. The topological polar surface area (TPSA) is 88.4 Å². The fourth-order valence-corrected chi connectivity index (χ4v) is 4.47. The number of hydrogen-bond acceptors (Lipinski definition) is 8. The van der Waals surface area contributed by atoms with Crippen LogP contribution >= 0.6 is 11.8 Å². The van der Waals surface area contributed by atoms with E-state index in [1.165, 1.54) is 6.33 Å². The van der Waals surface area contributed by atoms with Crippen LogP contribution in [0.5, 0.6) is 0 Å². The first-order chi connectivity index (χ1) is 14.6. The number of piperazine rings is 1. The zero-order valence-electron chi connectivity index (χ0n) is 17.5. The highest BCUT2D eigenvalue weighted by atomic mass is 32.2. The lowest BCUT2D eigenvalue weighted by molar-refractivity contribution is -0.111. The van der Waals surface area contributed by atoms with Crippen LogP contribution in [-0.2, 0) is 9.53 Å². The number of amides is 1. The van der Waals surface area contributed by atoms with Crippen LogP contribution in [0.25, 0.3) is 11.2 Å². The van der Waals surface area contributed by atoms with Crippen LogP contribution < -0.4 is 5.32 Å². The summed E-state index contributed by atoms with van der Waals surface area (Å²) in [7, 11) is 2.13. The first kappa shape index (κ1) is 21.2. The molecule has 9 nitrogen and oxygen atoms in total. The molecule has 4 heterocycles. The van der Waals surface area contributed by atoms with Crippen LogP contribution in [0, 0.1) is 0 Å². The number of nitrogens with one attached hydrogen (secondary N) is 1. The number of carbonyl (C=O) groups excluding carboxylic acids is 1. The predicted octanol–water partition coefficient (Wildman–Crippen LogP) is 1.61. The van der Waals surface area contributed by atoms with E-state index in [1.807, 2.05) is 10.6 Å². The molecule has 0 aliphatic carbocycles. The van der Waals surface area contributed by atoms with Gasteiger partial charge in [0.05, 0.1) is 12.4 Å². The molecule has 2 saturated heterocycles. The zero-order valence-corrected chi connectivity index (χ0v) is 18.3. The number of carbonyl (C=O) groups is 1. The average Bonchev–Trinajstić information content (AvgIpc) is 3.37. The fourth-order valence-electron chi connectivity index (χ4n) is 3.85. The van der Waals surface area contributed by atoms with Crippen molar-refractivity contribution in [3.8, 4) is 0 Å². The second kappa shape index (κ2) is 9.86. The molecule has 0 saturated carbocycles. The largest absolute Gasteiger partial charge is 0.354 e. The second-order valence-electron chi connectivity index (χ2n) is 7.79. The Balaban J connectivity index is 1.38. The van der Waals surface area contributed by atoms with E-state index in [0.29, 0.717) is 17.0 Å². The maximum Gasteiger partial charge on any atom is 0.249 e. The Bertz CT molecular complexity index is 894. The molecule has 1 N–H and O–H groups in total. The Labute approximate surface area is 180 Å². The van der Waals surface area contributed by atoms with Crippen molar-refractivity contribution in [2.24, 2.45) is 0 Å². The van der Waals surface area contributed by atoms with E-state index in [1.54, 1.807) is 24.2 Å². The third-order valence-electron chi connectivity index (χ3n) is 5.58. The fraction of sp³-hybridized carbons (Fsp3) is 0.600. The molecule has 162 valence electrons. The molecule has 30 heavy (non-hydrogen) atoms. The number of rotatable bonds is 7. The van der Waals surface area contributed by atoms with Crippen LogP contribution in [0.2, 0.25) is 0 Å². The molecule has 2 aliphatic rings. The molecule has 2 aromatic rings. The third kappa shape index (κ3) is 5.00. The van der Waals surface area contributed by atoms with Crippen LogP contribution in [0.3, 0.4) is 0 Å². The molecular formula is C20H29N7O2S. The van der Waals surface area contributed by atoms with Crippen molar-refractivity contribution in [1.29, 1.82) is 0 Å². The maximum atomic E-state index is 12.4. The summed E-state index contributed by atoms with van der Waals surface area (Å²) in [6.45, 7) is 4.93. The molecule has 4 rings (SSSR count). The molecule has 2 atom stereocenters. The molecule has 0 aromatic carbocycles. The summed E-state index contributed by atoms with van der Waals surface area (Å²) in [5.74, 6) is 1.20. The molecular weight excluding hydrogens is 402 g/mol. The number of thioether (sulfide) groups is 1. The van der Waals surface area contributed by atoms with Crippen molar-refractivity contribution in [3.05, 3.63) is 24.8 Å². The summed E-state index contributed by atoms with van der Waals surface area (Å²) >= 11 is 1.79. The molecule has 2 aromatic heterocycles. The SMILES string of the molecule is CSCC1CCC(n2cnc3c(NC(=O)/C=C/CN4CCN(C)CC4)ncnc32)O1. The van der Waals surface area contributed by atoms with E-state index in [9.17, 15) is 4.79 Å². The van der Waals surface area contributed by atoms with E-state index in [2.05, 4.69) is 43.4 Å². The van der Waals surface area contributed by atoms with Gasteiger partial charge in [-0.15, -0.1) is 0 Å². The van der Waals surface area contributed by atoms with E-state index in [4.69, 9.17) is 4.74 Å². The number of aromatic nitrogens is 4. The number of fused-ring (bicyclic) bond motifs is 1. The maximum absolute atomic E-state index is 12.4. The average molecular weight is 432 g/mol. The van der Waals surface area contributed by atoms with E-state index < -0.39 is 0 Å². The number of imidazole rings is 1. The molecule has 1 amide bonds. The Kier molecular flexibility index (Phi) is 6.98. The first-order valence-electron chi connectivity index (χ1n) is 10.3. The Hall–Kier alpha value is -2.01. The van der Waals surface area contributed by atoms with Crippen molar-refractivity contribution in [1.82, 2.24) is 29.3 Å². The van der Waals surface area contributed by atoms with Gasteiger partial charge in [-0.05, 0) is 26.1 Å². The highest BCUT2D eigenvalue weighted by molar-refractivity contribution is 7.98. The van der Waals surface area contributed by atoms with Gasteiger partial charge in [-0.1, -0.05) is 6.08 Å². The summed E-state index contributed by atoms with van der Waals surface area (Å²) in [5.41, 5.74) is 1.26. The van der Waals surface area contributed by atoms with Gasteiger partial charge in [0, 0.05) is 44.6 Å². The van der Waals surface area contributed by atoms with Crippen LogP contribution in [-0.4, -0.2) is 93.1 Å². The lowest BCUT2D eigenvalue weighted by atomic mass is 10.2. The molecule has 2 unspecified atom stereocenters. The molecule has 0 radical (unpaired) electrons. The van der Waals surface area contributed by atoms with Crippen molar-refractivity contribution < 1.29 is 9.53 Å². The van der Waals surface area contributed by atoms with Gasteiger partial charge in [0.15, 0.2) is 17.0 Å². The van der Waals surface area contributed by atoms with Crippen LogP contribution in [0.1, 0.15) is 19.1 Å². The summed E-state index contributed by atoms with van der Waals surface area (Å²) in [5, 5.41) is 2.84. The smallest absolute Gasteiger partial charge is 0.249 e. The van der Waals surface area contributed by atoms with Gasteiger partial charge in [-0.3, -0.25) is 14.3 Å². The summed E-state index contributed by atoms with van der Waals surface area (Å²) in [6, 6.07) is 0. The standard InChI is InChI=1S/C20H29N7O2S/c1-25-8-10-26(11-9-25)7-3-4-16(28)24-19-18-20(22-13-21-19)27(14-23-18)17-6-5-15(29-17)12-30-2/h3-4,13-15,17H,5-12H2,1-2H3,(H,21,22,24,28)/b4-3+. The molecule has 0 spiro atoms. The van der Waals surface area contributed by atoms with Crippen molar-refractivity contribution in [2.75, 3.05) is 57.1 Å². The number of ether oxygens (including phenoxy) is 1. The van der Waals surface area contributed by atoms with Gasteiger partial charge in [0.2, 0.25) is 5.91 Å². The molecule has 0 bridgehead atoms. The number of anilines is 1. The summed E-state index contributed by atoms with van der Waals surface area (Å²) in [4.78, 5) is 30.1. The first-order valence-corrected chi connectivity index (χ1v) is 11.7. The van der Waals surface area contributed by atoms with E-state index >= 15 is 0 Å². The Morgan fingerprint density at radius 1 is 1.27 bits per heavy atom. The van der Waals surface area contributed by atoms with Crippen LogP contribution in [0.15, 0.2) is 24.8 Å². The highest BCUT2D eigenvalue weighted by Gasteiger charge is 2.28. The molecule has 2 aliphatic heterocycles. The highest BCUT2D eigenvalue weighted by Crippen LogP contribution is 2.32. The van der Waals surface area contributed by atoms with Crippen molar-refractivity contribution >= 4 is 34.7 Å². The van der Waals surface area contributed by atoms with Gasteiger partial charge < -0.3 is 15.0 Å². The number of nitrogens with zero attached hydrogens (tertiary/aromatic N) is 6. The van der Waals surface area contributed by atoms with Gasteiger partial charge in [0.1, 0.15) is 12.6 Å². The third-order valence-corrected chi connectivity index (χ3v) is 6.28. The zero-order chi connectivity index (χ0) is 20.9. The Morgan fingerprint density at radius 2 is 2.10 bits per heavy atom. The van der Waals surface area contributed by atoms with Gasteiger partial charge in [-0.2, -0.15) is 11.8 Å². The summed E-state index contributed by atoms with van der Waals surface area (Å²) in [6.07, 6.45) is 10.9. The monoisotopic (exact) mass is 431 g/mol. The predicted molar refractivity (Wildman–Crippen MR) is 119 cm³/mol. The van der Waals surface area contributed by atoms with Gasteiger partial charge in [-0.25, -0.2) is 15.0 Å². The normalized spacial score (nSPS) is 23.5. The minimum absolute atomic E-state index is 0.0749. The Morgan fingerprint density at radius 3 is 2.90 bits per heavy atom. The molecule has 10 heteroatoms. The van der Waals surface area contributed by atoms with E-state index in [0.717, 1.165) is 51.3 Å². The second-order valence-corrected chi connectivity index (χ2v) is 8.70. The lowest BCUT2D eigenvalue weighted by Crippen LogP contribution is -2.44. The lowest BCUT2D eigenvalue weighted by Gasteiger charge is -2.31. The quantitative estimate of drug-likeness (QED) is 0.662.